The van der Waals surface area contributed by atoms with E-state index < -0.39 is 0 Å². The van der Waals surface area contributed by atoms with Crippen LogP contribution in [0.3, 0.4) is 0 Å². The van der Waals surface area contributed by atoms with Crippen molar-refractivity contribution in [2.45, 2.75) is 58.0 Å². The van der Waals surface area contributed by atoms with E-state index in [0.717, 1.165) is 61.8 Å². The summed E-state index contributed by atoms with van der Waals surface area (Å²) in [5.74, 6) is 1.57. The fourth-order valence-electron chi connectivity index (χ4n) is 7.04. The van der Waals surface area contributed by atoms with Gasteiger partial charge in [-0.1, -0.05) is 6.92 Å². The van der Waals surface area contributed by atoms with Gasteiger partial charge in [-0.15, -0.1) is 0 Å². The Morgan fingerprint density at radius 1 is 0.929 bits per heavy atom. The number of nitrogens with one attached hydrogen (secondary N) is 2. The molecule has 3 aliphatic heterocycles. The highest BCUT2D eigenvalue weighted by molar-refractivity contribution is 5.93. The van der Waals surface area contributed by atoms with Crippen LogP contribution in [-0.2, 0) is 0 Å². The van der Waals surface area contributed by atoms with Gasteiger partial charge < -0.3 is 24.8 Å². The summed E-state index contributed by atoms with van der Waals surface area (Å²) in [7, 11) is 0. The number of piperazine rings is 1. The van der Waals surface area contributed by atoms with E-state index in [0.29, 0.717) is 16.6 Å². The minimum absolute atomic E-state index is 0.258. The molecule has 1 aromatic carbocycles. The molecule has 3 aromatic rings. The van der Waals surface area contributed by atoms with Gasteiger partial charge in [0.2, 0.25) is 0 Å². The van der Waals surface area contributed by atoms with Gasteiger partial charge in [0.05, 0.1) is 11.2 Å². The Morgan fingerprint density at radius 2 is 1.69 bits per heavy atom. The van der Waals surface area contributed by atoms with Crippen LogP contribution in [0.15, 0.2) is 24.5 Å². The molecule has 0 unspecified atom stereocenters. The molecule has 0 amide bonds. The summed E-state index contributed by atoms with van der Waals surface area (Å²) in [5, 5.41) is 11.8. The Morgan fingerprint density at radius 3 is 2.43 bits per heavy atom. The van der Waals surface area contributed by atoms with Gasteiger partial charge in [0.25, 0.3) is 0 Å². The van der Waals surface area contributed by atoms with E-state index in [1.165, 1.54) is 71.0 Å². The normalized spacial score (nSPS) is 23.4. The first-order valence-corrected chi connectivity index (χ1v) is 15.9. The van der Waals surface area contributed by atoms with Crippen molar-refractivity contribution in [1.82, 2.24) is 35.3 Å². The summed E-state index contributed by atoms with van der Waals surface area (Å²) in [5.41, 5.74) is 2.27. The molecule has 2 N–H and O–H groups in total. The molecule has 226 valence electrons. The highest BCUT2D eigenvalue weighted by Gasteiger charge is 2.41. The third-order valence-electron chi connectivity index (χ3n) is 10.2. The number of aromatic amines is 1. The molecule has 0 atom stereocenters. The number of piperidine rings is 2. The number of halogens is 1. The fraction of sp³-hybridized carbons (Fsp3) is 0.656. The first kappa shape index (κ1) is 28.0. The maximum atomic E-state index is 14.7. The molecule has 0 radical (unpaired) electrons. The van der Waals surface area contributed by atoms with Crippen molar-refractivity contribution in [3.63, 3.8) is 0 Å². The number of hydrogen-bond donors (Lipinski definition) is 2. The molecular weight excluding hydrogens is 531 g/mol. The van der Waals surface area contributed by atoms with Crippen LogP contribution in [0.2, 0.25) is 0 Å². The Bertz CT molecular complexity index is 1380. The van der Waals surface area contributed by atoms with E-state index >= 15 is 0 Å². The summed E-state index contributed by atoms with van der Waals surface area (Å²) in [6.07, 6.45) is 8.49. The number of fused-ring (bicyclic) bond motifs is 1. The molecule has 4 aliphatic rings. The van der Waals surface area contributed by atoms with Crippen molar-refractivity contribution in [3.05, 3.63) is 30.3 Å². The zero-order valence-corrected chi connectivity index (χ0v) is 25.2. The number of hydrogen-bond acceptors (Lipinski definition) is 8. The lowest BCUT2D eigenvalue weighted by molar-refractivity contribution is 0.0611. The van der Waals surface area contributed by atoms with Gasteiger partial charge in [-0.2, -0.15) is 5.10 Å². The number of anilines is 1. The Labute approximate surface area is 248 Å². The van der Waals surface area contributed by atoms with Crippen molar-refractivity contribution in [3.8, 4) is 17.1 Å². The van der Waals surface area contributed by atoms with Gasteiger partial charge in [-0.25, -0.2) is 14.4 Å². The van der Waals surface area contributed by atoms with Gasteiger partial charge in [-0.3, -0.25) is 5.10 Å². The molecule has 42 heavy (non-hydrogen) atoms. The highest BCUT2D eigenvalue weighted by Crippen LogP contribution is 2.42. The summed E-state index contributed by atoms with van der Waals surface area (Å²) in [6.45, 7) is 16.1. The molecule has 10 heteroatoms. The molecule has 0 bridgehead atoms. The second-order valence-electron chi connectivity index (χ2n) is 13.8. The van der Waals surface area contributed by atoms with Gasteiger partial charge in [0.1, 0.15) is 23.4 Å². The molecule has 1 saturated carbocycles. The first-order chi connectivity index (χ1) is 20.3. The zero-order valence-electron chi connectivity index (χ0n) is 25.2. The Balaban J connectivity index is 0.947. The van der Waals surface area contributed by atoms with E-state index in [2.05, 4.69) is 47.1 Å². The van der Waals surface area contributed by atoms with E-state index in [1.807, 2.05) is 13.0 Å². The predicted molar refractivity (Wildman–Crippen MR) is 163 cm³/mol. The minimum atomic E-state index is -0.370. The first-order valence-electron chi connectivity index (χ1n) is 15.9. The Kier molecular flexibility index (Phi) is 7.56. The molecular formula is C32H45FN8O. The maximum absolute atomic E-state index is 14.7. The van der Waals surface area contributed by atoms with Crippen LogP contribution in [0.1, 0.15) is 52.4 Å². The monoisotopic (exact) mass is 576 g/mol. The van der Waals surface area contributed by atoms with E-state index in [-0.39, 0.29) is 17.2 Å². The molecule has 0 spiro atoms. The number of aromatic nitrogens is 4. The summed E-state index contributed by atoms with van der Waals surface area (Å²) in [6, 6.07) is 5.25. The number of benzene rings is 1. The minimum Gasteiger partial charge on any atom is -0.484 e. The zero-order chi connectivity index (χ0) is 28.7. The van der Waals surface area contributed by atoms with Crippen LogP contribution in [0.4, 0.5) is 10.2 Å². The van der Waals surface area contributed by atoms with Crippen LogP contribution in [0.25, 0.3) is 22.3 Å². The van der Waals surface area contributed by atoms with Crippen LogP contribution < -0.4 is 15.0 Å². The highest BCUT2D eigenvalue weighted by atomic mass is 19.1. The maximum Gasteiger partial charge on any atom is 0.167 e. The SMILES string of the molecule is CC1(CN2CCNCC2)CCN(CC2CCN(c3cc(-c4n[nH]c5cc(F)c(OC6(C)CC6)cc45)ncn3)CC2)CC1. The fourth-order valence-corrected chi connectivity index (χ4v) is 7.04. The second-order valence-corrected chi connectivity index (χ2v) is 13.8. The summed E-state index contributed by atoms with van der Waals surface area (Å²) >= 11 is 0. The van der Waals surface area contributed by atoms with Crippen molar-refractivity contribution in [1.29, 1.82) is 0 Å². The van der Waals surface area contributed by atoms with Crippen molar-refractivity contribution in [2.24, 2.45) is 11.3 Å². The largest absolute Gasteiger partial charge is 0.484 e. The molecule has 3 saturated heterocycles. The lowest BCUT2D eigenvalue weighted by atomic mass is 9.79. The number of likely N-dealkylation sites (tertiary alicyclic amines) is 1. The number of H-pyrrole nitrogens is 1. The topological polar surface area (TPSA) is 85.4 Å². The van der Waals surface area contributed by atoms with Gasteiger partial charge in [-0.05, 0) is 75.9 Å². The smallest absolute Gasteiger partial charge is 0.167 e. The predicted octanol–water partition coefficient (Wildman–Crippen LogP) is 4.31. The van der Waals surface area contributed by atoms with Gasteiger partial charge >= 0.3 is 0 Å². The van der Waals surface area contributed by atoms with E-state index in [9.17, 15) is 4.39 Å². The van der Waals surface area contributed by atoms with Crippen LogP contribution >= 0.6 is 0 Å². The van der Waals surface area contributed by atoms with E-state index in [4.69, 9.17) is 4.74 Å². The summed E-state index contributed by atoms with van der Waals surface area (Å²) in [4.78, 5) is 16.9. The lowest BCUT2D eigenvalue weighted by Crippen LogP contribution is -2.50. The Hall–Kier alpha value is -2.82. The number of nitrogens with zero attached hydrogens (tertiary/aromatic N) is 6. The quantitative estimate of drug-likeness (QED) is 0.410. The van der Waals surface area contributed by atoms with Crippen LogP contribution in [0.5, 0.6) is 5.75 Å². The van der Waals surface area contributed by atoms with Crippen LogP contribution in [0, 0.1) is 17.2 Å². The standard InChI is InChI=1S/C32H45FN8O/c1-31(21-40-15-9-34-10-16-40)7-13-39(14-8-31)20-23-3-11-41(12-4-23)29-19-27(35-22-36-29)30-24-17-28(42-32(2)5-6-32)25(33)18-26(24)37-38-30/h17-19,22-23,34H,3-16,20-21H2,1-2H3,(H,37,38). The van der Waals surface area contributed by atoms with E-state index in [1.54, 1.807) is 12.4 Å². The third-order valence-corrected chi connectivity index (χ3v) is 10.2. The molecule has 7 rings (SSSR count). The number of ether oxygens (including phenoxy) is 1. The lowest BCUT2D eigenvalue weighted by Gasteiger charge is -2.44. The third kappa shape index (κ3) is 6.12. The number of rotatable bonds is 8. The van der Waals surface area contributed by atoms with Crippen LogP contribution in [-0.4, -0.2) is 101 Å². The van der Waals surface area contributed by atoms with Crippen molar-refractivity contribution >= 4 is 16.7 Å². The molecule has 4 fully saturated rings. The average Bonchev–Trinajstić information content (AvgIpc) is 3.59. The second kappa shape index (κ2) is 11.4. The average molecular weight is 577 g/mol. The molecule has 2 aromatic heterocycles. The van der Waals surface area contributed by atoms with Crippen molar-refractivity contribution < 1.29 is 9.13 Å². The van der Waals surface area contributed by atoms with Gasteiger partial charge in [0.15, 0.2) is 11.6 Å². The molecule has 5 heterocycles. The molecule has 1 aliphatic carbocycles. The molecule has 9 nitrogen and oxygen atoms in total. The van der Waals surface area contributed by atoms with Crippen molar-refractivity contribution in [2.75, 3.05) is 70.3 Å². The van der Waals surface area contributed by atoms with Gasteiger partial charge in [0, 0.05) is 69.9 Å². The summed E-state index contributed by atoms with van der Waals surface area (Å²) < 4.78 is 20.7.